The second kappa shape index (κ2) is 6.45. The molecule has 0 bridgehead atoms. The third kappa shape index (κ3) is 2.99. The molecule has 0 unspecified atom stereocenters. The Kier molecular flexibility index (Phi) is 4.25. The van der Waals surface area contributed by atoms with Gasteiger partial charge in [-0.15, -0.1) is 12.6 Å². The van der Waals surface area contributed by atoms with Crippen LogP contribution in [0.2, 0.25) is 0 Å². The number of carbonyl (C=O) groups excluding carboxylic acids is 2. The fraction of sp³-hybridized carbons (Fsp3) is 0.300. The van der Waals surface area contributed by atoms with Crippen LogP contribution in [0.25, 0.3) is 11.1 Å². The lowest BCUT2D eigenvalue weighted by Crippen LogP contribution is -2.68. The van der Waals surface area contributed by atoms with Gasteiger partial charge in [0.1, 0.15) is 0 Å². The van der Waals surface area contributed by atoms with Crippen molar-refractivity contribution in [3.05, 3.63) is 53.6 Å². The van der Waals surface area contributed by atoms with Gasteiger partial charge in [0.2, 0.25) is 5.91 Å². The molecule has 2 saturated heterocycles. The summed E-state index contributed by atoms with van der Waals surface area (Å²) in [5.41, 5.74) is 9.32. The number of likely N-dealkylation sites (tertiary alicyclic amines) is 1. The molecule has 2 fully saturated rings. The maximum absolute atomic E-state index is 12.6. The highest BCUT2D eigenvalue weighted by molar-refractivity contribution is 7.80. The van der Waals surface area contributed by atoms with Gasteiger partial charge in [-0.25, -0.2) is 0 Å². The van der Waals surface area contributed by atoms with Crippen LogP contribution in [0.1, 0.15) is 28.8 Å². The predicted molar refractivity (Wildman–Crippen MR) is 103 cm³/mol. The topological polar surface area (TPSA) is 75.4 Å². The predicted octanol–water partition coefficient (Wildman–Crippen LogP) is 2.21. The lowest BCUT2D eigenvalue weighted by Gasteiger charge is -2.47. The minimum absolute atomic E-state index is 0.0108. The van der Waals surface area contributed by atoms with Crippen LogP contribution in [-0.2, 0) is 11.3 Å². The van der Waals surface area contributed by atoms with E-state index in [1.54, 1.807) is 4.90 Å². The molecular formula is C20H21N3O2S. The van der Waals surface area contributed by atoms with E-state index < -0.39 is 0 Å². The zero-order chi connectivity index (χ0) is 18.3. The standard InChI is InChI=1S/C20H21N3O2S/c21-10-16-9-15(5-6-17(16)26)13-1-3-14(4-2-13)19(25)23-11-20(12-23)8-7-18(24)22-20/h1-6,9,26H,7-8,10-12,21H2,(H,22,24). The number of benzene rings is 2. The first-order valence-electron chi connectivity index (χ1n) is 8.72. The summed E-state index contributed by atoms with van der Waals surface area (Å²) in [6.07, 6.45) is 1.38. The highest BCUT2D eigenvalue weighted by Gasteiger charge is 2.49. The molecule has 5 nitrogen and oxygen atoms in total. The summed E-state index contributed by atoms with van der Waals surface area (Å²) in [5.74, 6) is 0.0993. The Morgan fingerprint density at radius 2 is 1.85 bits per heavy atom. The molecule has 2 aliphatic heterocycles. The van der Waals surface area contributed by atoms with E-state index in [0.717, 1.165) is 28.0 Å². The van der Waals surface area contributed by atoms with Crippen LogP contribution in [0.4, 0.5) is 0 Å². The van der Waals surface area contributed by atoms with Crippen LogP contribution in [0.15, 0.2) is 47.4 Å². The lowest BCUT2D eigenvalue weighted by atomic mass is 9.87. The van der Waals surface area contributed by atoms with Gasteiger partial charge in [-0.3, -0.25) is 9.59 Å². The number of nitrogens with two attached hydrogens (primary N) is 1. The lowest BCUT2D eigenvalue weighted by molar-refractivity contribution is -0.120. The van der Waals surface area contributed by atoms with Crippen LogP contribution in [0.3, 0.4) is 0 Å². The molecule has 2 aromatic rings. The number of carbonyl (C=O) groups is 2. The van der Waals surface area contributed by atoms with Gasteiger partial charge in [0, 0.05) is 36.5 Å². The van der Waals surface area contributed by atoms with Crippen LogP contribution in [-0.4, -0.2) is 35.3 Å². The van der Waals surface area contributed by atoms with Gasteiger partial charge >= 0.3 is 0 Å². The van der Waals surface area contributed by atoms with Crippen LogP contribution < -0.4 is 11.1 Å². The second-order valence-electron chi connectivity index (χ2n) is 7.11. The molecule has 6 heteroatoms. The summed E-state index contributed by atoms with van der Waals surface area (Å²) in [4.78, 5) is 26.7. The summed E-state index contributed by atoms with van der Waals surface area (Å²) in [6.45, 7) is 1.64. The summed E-state index contributed by atoms with van der Waals surface area (Å²) >= 11 is 4.40. The zero-order valence-corrected chi connectivity index (χ0v) is 15.3. The number of hydrogen-bond donors (Lipinski definition) is 3. The average molecular weight is 367 g/mol. The van der Waals surface area contributed by atoms with Crippen LogP contribution in [0, 0.1) is 0 Å². The van der Waals surface area contributed by atoms with Gasteiger partial charge < -0.3 is 16.0 Å². The third-order valence-electron chi connectivity index (χ3n) is 5.27. The number of thiol groups is 1. The number of nitrogens with zero attached hydrogens (tertiary/aromatic N) is 1. The summed E-state index contributed by atoms with van der Waals surface area (Å²) in [6, 6.07) is 13.6. The number of nitrogens with one attached hydrogen (secondary N) is 1. The Bertz CT molecular complexity index is 873. The van der Waals surface area contributed by atoms with Gasteiger partial charge in [-0.2, -0.15) is 0 Å². The van der Waals surface area contributed by atoms with Crippen molar-refractivity contribution in [2.45, 2.75) is 29.8 Å². The van der Waals surface area contributed by atoms with Crippen molar-refractivity contribution in [2.24, 2.45) is 5.73 Å². The average Bonchev–Trinajstić information content (AvgIpc) is 3.03. The molecule has 2 aromatic carbocycles. The van der Waals surface area contributed by atoms with Crippen molar-refractivity contribution in [1.82, 2.24) is 10.2 Å². The first kappa shape index (κ1) is 17.1. The van der Waals surface area contributed by atoms with Crippen molar-refractivity contribution < 1.29 is 9.59 Å². The van der Waals surface area contributed by atoms with Crippen LogP contribution in [0.5, 0.6) is 0 Å². The molecule has 4 rings (SSSR count). The number of amides is 2. The molecule has 0 saturated carbocycles. The zero-order valence-electron chi connectivity index (χ0n) is 14.4. The first-order valence-corrected chi connectivity index (χ1v) is 9.17. The van der Waals surface area contributed by atoms with E-state index in [2.05, 4.69) is 17.9 Å². The van der Waals surface area contributed by atoms with E-state index in [0.29, 0.717) is 31.6 Å². The number of hydrogen-bond acceptors (Lipinski definition) is 4. The van der Waals surface area contributed by atoms with Gasteiger partial charge in [-0.1, -0.05) is 18.2 Å². The Morgan fingerprint density at radius 1 is 1.15 bits per heavy atom. The van der Waals surface area contributed by atoms with Crippen molar-refractivity contribution in [3.8, 4) is 11.1 Å². The molecule has 0 aromatic heterocycles. The van der Waals surface area contributed by atoms with E-state index >= 15 is 0 Å². The van der Waals surface area contributed by atoms with Gasteiger partial charge in [0.15, 0.2) is 0 Å². The minimum atomic E-state index is -0.181. The number of rotatable bonds is 3. The maximum atomic E-state index is 12.6. The van der Waals surface area contributed by atoms with E-state index in [-0.39, 0.29) is 17.4 Å². The van der Waals surface area contributed by atoms with Crippen molar-refractivity contribution in [2.75, 3.05) is 13.1 Å². The van der Waals surface area contributed by atoms with Crippen molar-refractivity contribution in [1.29, 1.82) is 0 Å². The van der Waals surface area contributed by atoms with Gasteiger partial charge in [0.05, 0.1) is 5.54 Å². The SMILES string of the molecule is NCc1cc(-c2ccc(C(=O)N3CC4(CCC(=O)N4)C3)cc2)ccc1S. The normalized spacial score (nSPS) is 17.9. The van der Waals surface area contributed by atoms with Crippen molar-refractivity contribution >= 4 is 24.4 Å². The maximum Gasteiger partial charge on any atom is 0.254 e. The largest absolute Gasteiger partial charge is 0.347 e. The molecule has 2 aliphatic rings. The highest BCUT2D eigenvalue weighted by Crippen LogP contribution is 2.32. The van der Waals surface area contributed by atoms with Crippen LogP contribution >= 0.6 is 12.6 Å². The molecular weight excluding hydrogens is 346 g/mol. The highest BCUT2D eigenvalue weighted by atomic mass is 32.1. The smallest absolute Gasteiger partial charge is 0.254 e. The molecule has 0 atom stereocenters. The molecule has 2 amide bonds. The summed E-state index contributed by atoms with van der Waals surface area (Å²) in [7, 11) is 0. The molecule has 2 heterocycles. The first-order chi connectivity index (χ1) is 12.5. The molecule has 0 radical (unpaired) electrons. The van der Waals surface area contributed by atoms with Gasteiger partial charge in [0.25, 0.3) is 5.91 Å². The Labute approximate surface area is 158 Å². The van der Waals surface area contributed by atoms with Gasteiger partial charge in [-0.05, 0) is 47.4 Å². The monoisotopic (exact) mass is 367 g/mol. The van der Waals surface area contributed by atoms with E-state index in [1.165, 1.54) is 0 Å². The van der Waals surface area contributed by atoms with E-state index in [9.17, 15) is 9.59 Å². The summed E-state index contributed by atoms with van der Waals surface area (Å²) in [5, 5.41) is 3.00. The molecule has 3 N–H and O–H groups in total. The third-order valence-corrected chi connectivity index (χ3v) is 5.71. The molecule has 26 heavy (non-hydrogen) atoms. The second-order valence-corrected chi connectivity index (χ2v) is 7.60. The molecule has 1 spiro atoms. The summed E-state index contributed by atoms with van der Waals surface area (Å²) < 4.78 is 0. The molecule has 134 valence electrons. The Hall–Kier alpha value is -2.31. The fourth-order valence-corrected chi connectivity index (χ4v) is 3.99. The Balaban J connectivity index is 1.46. The minimum Gasteiger partial charge on any atom is -0.347 e. The fourth-order valence-electron chi connectivity index (χ4n) is 3.76. The quantitative estimate of drug-likeness (QED) is 0.728. The molecule has 0 aliphatic carbocycles. The van der Waals surface area contributed by atoms with E-state index in [4.69, 9.17) is 5.73 Å². The van der Waals surface area contributed by atoms with Crippen molar-refractivity contribution in [3.63, 3.8) is 0 Å². The van der Waals surface area contributed by atoms with E-state index in [1.807, 2.05) is 42.5 Å². The Morgan fingerprint density at radius 3 is 2.46 bits per heavy atom.